The molecule has 31 heavy (non-hydrogen) atoms. The highest BCUT2D eigenvalue weighted by molar-refractivity contribution is 8.76. The summed E-state index contributed by atoms with van der Waals surface area (Å²) >= 11 is 0. The lowest BCUT2D eigenvalue weighted by molar-refractivity contribution is -0.141. The van der Waals surface area contributed by atoms with Crippen molar-refractivity contribution in [3.63, 3.8) is 0 Å². The lowest BCUT2D eigenvalue weighted by Crippen LogP contribution is -2.35. The van der Waals surface area contributed by atoms with E-state index in [0.717, 1.165) is 19.3 Å². The molecule has 166 valence electrons. The maximum atomic E-state index is 12.8. The third-order valence-electron chi connectivity index (χ3n) is 7.72. The molecule has 0 aromatic carbocycles. The van der Waals surface area contributed by atoms with Crippen LogP contribution in [0.25, 0.3) is 0 Å². The number of imide groups is 2. The highest BCUT2D eigenvalue weighted by atomic mass is 33.1. The van der Waals surface area contributed by atoms with E-state index in [1.54, 1.807) is 21.6 Å². The summed E-state index contributed by atoms with van der Waals surface area (Å²) in [6.45, 7) is 2.83. The summed E-state index contributed by atoms with van der Waals surface area (Å²) < 4.78 is 0. The van der Waals surface area contributed by atoms with Crippen molar-refractivity contribution in [1.82, 2.24) is 9.80 Å². The van der Waals surface area contributed by atoms with Crippen LogP contribution in [0.5, 0.6) is 0 Å². The Hall–Kier alpha value is -1.54. The van der Waals surface area contributed by atoms with Gasteiger partial charge >= 0.3 is 0 Å². The molecule has 7 atom stereocenters. The van der Waals surface area contributed by atoms with E-state index in [9.17, 15) is 19.2 Å². The number of hydrogen-bond donors (Lipinski definition) is 0. The van der Waals surface area contributed by atoms with Gasteiger partial charge in [-0.2, -0.15) is 0 Å². The number of allylic oxidation sites excluding steroid dienone is 4. The summed E-state index contributed by atoms with van der Waals surface area (Å²) in [6, 6.07) is 0. The molecule has 8 heteroatoms. The number of carbonyl (C=O) groups excluding carboxylic acids is 4. The standard InChI is InChI=1S/C23H28N2O4S2/c1-2-3-13-6-7-16-17(13)21(27)24(20(16)26)8-10-30-31-11-9-25-22(28)18-14-4-5-15(12-14)19(18)23(25)29/h2-5,13-19H,6-12H2,1H3/b3-2-/t13?,14?,15?,16-,17+,18-,19+/m1/s1. The third-order valence-corrected chi connectivity index (χ3v) is 10.1. The molecule has 2 saturated heterocycles. The summed E-state index contributed by atoms with van der Waals surface area (Å²) in [5.74, 6) is 1.47. The largest absolute Gasteiger partial charge is 0.281 e. The predicted octanol–water partition coefficient (Wildman–Crippen LogP) is 2.76. The zero-order chi connectivity index (χ0) is 21.7. The Morgan fingerprint density at radius 3 is 1.97 bits per heavy atom. The summed E-state index contributed by atoms with van der Waals surface area (Å²) in [4.78, 5) is 53.7. The molecule has 5 rings (SSSR count). The van der Waals surface area contributed by atoms with Crippen molar-refractivity contribution in [2.45, 2.75) is 26.2 Å². The number of hydrogen-bond acceptors (Lipinski definition) is 6. The zero-order valence-electron chi connectivity index (χ0n) is 17.6. The lowest BCUT2D eigenvalue weighted by Gasteiger charge is -2.18. The first-order chi connectivity index (χ1) is 15.0. The van der Waals surface area contributed by atoms with Gasteiger partial charge in [0.05, 0.1) is 23.7 Å². The highest BCUT2D eigenvalue weighted by Gasteiger charge is 2.59. The second-order valence-corrected chi connectivity index (χ2v) is 11.9. The molecule has 3 unspecified atom stereocenters. The molecule has 4 fully saturated rings. The maximum absolute atomic E-state index is 12.8. The van der Waals surface area contributed by atoms with Crippen LogP contribution in [0.15, 0.2) is 24.3 Å². The molecule has 0 N–H and O–H groups in total. The quantitative estimate of drug-likeness (QED) is 0.240. The van der Waals surface area contributed by atoms with Gasteiger partial charge in [-0.1, -0.05) is 45.9 Å². The van der Waals surface area contributed by atoms with Crippen molar-refractivity contribution in [1.29, 1.82) is 0 Å². The van der Waals surface area contributed by atoms with Crippen LogP contribution in [-0.2, 0) is 19.2 Å². The molecule has 0 radical (unpaired) electrons. The van der Waals surface area contributed by atoms with Crippen LogP contribution in [0.1, 0.15) is 26.2 Å². The summed E-state index contributed by atoms with van der Waals surface area (Å²) in [7, 11) is 3.20. The fourth-order valence-electron chi connectivity index (χ4n) is 6.39. The average Bonchev–Trinajstić information content (AvgIpc) is 3.54. The van der Waals surface area contributed by atoms with Crippen molar-refractivity contribution < 1.29 is 19.2 Å². The fourth-order valence-corrected chi connectivity index (χ4v) is 8.30. The topological polar surface area (TPSA) is 74.8 Å². The molecule has 3 aliphatic carbocycles. The molecule has 2 bridgehead atoms. The molecule has 4 amide bonds. The van der Waals surface area contributed by atoms with E-state index >= 15 is 0 Å². The van der Waals surface area contributed by atoms with Gasteiger partial charge in [0.2, 0.25) is 23.6 Å². The van der Waals surface area contributed by atoms with E-state index < -0.39 is 0 Å². The first-order valence-corrected chi connectivity index (χ1v) is 13.8. The van der Waals surface area contributed by atoms with Crippen LogP contribution in [0.3, 0.4) is 0 Å². The first kappa shape index (κ1) is 21.3. The summed E-state index contributed by atoms with van der Waals surface area (Å²) in [5, 5.41) is 0. The average molecular weight is 461 g/mol. The Morgan fingerprint density at radius 2 is 1.39 bits per heavy atom. The van der Waals surface area contributed by atoms with Crippen molar-refractivity contribution >= 4 is 45.2 Å². The molecule has 0 aromatic heterocycles. The van der Waals surface area contributed by atoms with Crippen molar-refractivity contribution in [2.75, 3.05) is 24.6 Å². The van der Waals surface area contributed by atoms with Gasteiger partial charge in [-0.15, -0.1) is 0 Å². The van der Waals surface area contributed by atoms with Gasteiger partial charge in [-0.3, -0.25) is 29.0 Å². The Morgan fingerprint density at radius 1 is 0.839 bits per heavy atom. The van der Waals surface area contributed by atoms with Crippen molar-refractivity contribution in [3.05, 3.63) is 24.3 Å². The van der Waals surface area contributed by atoms with Crippen LogP contribution in [-0.4, -0.2) is 58.0 Å². The van der Waals surface area contributed by atoms with Crippen molar-refractivity contribution in [3.8, 4) is 0 Å². The second-order valence-electron chi connectivity index (χ2n) is 9.20. The normalized spacial score (nSPS) is 38.4. The van der Waals surface area contributed by atoms with Gasteiger partial charge in [-0.05, 0) is 43.9 Å². The maximum Gasteiger partial charge on any atom is 0.233 e. The van der Waals surface area contributed by atoms with E-state index in [2.05, 4.69) is 18.2 Å². The lowest BCUT2D eigenvalue weighted by atomic mass is 9.85. The summed E-state index contributed by atoms with van der Waals surface area (Å²) in [5.41, 5.74) is 0. The molecule has 0 aromatic rings. The number of amides is 4. The van der Waals surface area contributed by atoms with Gasteiger partial charge in [0.25, 0.3) is 0 Å². The van der Waals surface area contributed by atoms with Gasteiger partial charge < -0.3 is 0 Å². The van der Waals surface area contributed by atoms with Gasteiger partial charge in [0.1, 0.15) is 0 Å². The molecular weight excluding hydrogens is 432 g/mol. The minimum Gasteiger partial charge on any atom is -0.281 e. The Balaban J connectivity index is 1.05. The predicted molar refractivity (Wildman–Crippen MR) is 121 cm³/mol. The monoisotopic (exact) mass is 460 g/mol. The van der Waals surface area contributed by atoms with Crippen LogP contribution in [0.2, 0.25) is 0 Å². The van der Waals surface area contributed by atoms with Gasteiger partial charge in [0, 0.05) is 24.6 Å². The van der Waals surface area contributed by atoms with E-state index in [-0.39, 0.29) is 65.1 Å². The van der Waals surface area contributed by atoms with Crippen molar-refractivity contribution in [2.24, 2.45) is 41.4 Å². The number of likely N-dealkylation sites (tertiary alicyclic amines) is 2. The second kappa shape index (κ2) is 8.43. The molecular formula is C23H28N2O4S2. The zero-order valence-corrected chi connectivity index (χ0v) is 19.3. The third kappa shape index (κ3) is 3.41. The number of fused-ring (bicyclic) bond motifs is 6. The van der Waals surface area contributed by atoms with E-state index in [1.807, 2.05) is 13.0 Å². The van der Waals surface area contributed by atoms with E-state index in [0.29, 0.717) is 24.6 Å². The SMILES string of the molecule is C/C=C\C1CC[C@H]2C(=O)N(CCSSCCN3C(=O)[C@@H]4C5C=CC(C5)[C@@H]4C3=O)C(=O)[C@@H]12. The van der Waals surface area contributed by atoms with E-state index in [1.165, 1.54) is 9.80 Å². The Labute approximate surface area is 190 Å². The molecule has 6 nitrogen and oxygen atoms in total. The Kier molecular flexibility index (Phi) is 5.79. The van der Waals surface area contributed by atoms with Crippen LogP contribution < -0.4 is 0 Å². The van der Waals surface area contributed by atoms with Crippen LogP contribution >= 0.6 is 21.6 Å². The van der Waals surface area contributed by atoms with Gasteiger partial charge in [0.15, 0.2) is 0 Å². The fraction of sp³-hybridized carbons (Fsp3) is 0.652. The van der Waals surface area contributed by atoms with E-state index in [4.69, 9.17) is 0 Å². The summed E-state index contributed by atoms with van der Waals surface area (Å²) in [6.07, 6.45) is 11.0. The highest BCUT2D eigenvalue weighted by Crippen LogP contribution is 2.52. The molecule has 2 heterocycles. The molecule has 2 saturated carbocycles. The molecule has 0 spiro atoms. The minimum absolute atomic E-state index is 0.00403. The number of rotatable bonds is 8. The van der Waals surface area contributed by atoms with Gasteiger partial charge in [-0.25, -0.2) is 0 Å². The molecule has 2 aliphatic heterocycles. The minimum atomic E-state index is -0.169. The Bertz CT molecular complexity index is 842. The first-order valence-electron chi connectivity index (χ1n) is 11.3. The smallest absolute Gasteiger partial charge is 0.233 e. The van der Waals surface area contributed by atoms with Crippen LogP contribution in [0, 0.1) is 41.4 Å². The van der Waals surface area contributed by atoms with Crippen LogP contribution in [0.4, 0.5) is 0 Å². The number of nitrogens with zero attached hydrogens (tertiary/aromatic N) is 2. The molecule has 5 aliphatic rings. The number of carbonyl (C=O) groups is 4.